The Bertz CT molecular complexity index is 544. The number of rotatable bonds is 9. The molecule has 1 aromatic rings. The molecule has 0 saturated heterocycles. The Morgan fingerprint density at radius 1 is 1.22 bits per heavy atom. The minimum absolute atomic E-state index is 0.0965. The molecule has 0 heterocycles. The molecule has 7 heteroatoms. The quantitative estimate of drug-likeness (QED) is 0.673. The molecular formula is C16H23NO6. The van der Waals surface area contributed by atoms with Gasteiger partial charge in [-0.3, -0.25) is 9.59 Å². The predicted octanol–water partition coefficient (Wildman–Crippen LogP) is 1.87. The maximum absolute atomic E-state index is 12.1. The van der Waals surface area contributed by atoms with Crippen molar-refractivity contribution in [2.75, 3.05) is 26.9 Å². The Labute approximate surface area is 135 Å². The summed E-state index contributed by atoms with van der Waals surface area (Å²) in [6.07, 6.45) is 0.852. The molecule has 0 radical (unpaired) electrons. The van der Waals surface area contributed by atoms with E-state index in [2.05, 4.69) is 5.32 Å². The Hall–Kier alpha value is -2.44. The van der Waals surface area contributed by atoms with E-state index in [0.717, 1.165) is 6.42 Å². The van der Waals surface area contributed by atoms with E-state index in [0.29, 0.717) is 13.2 Å². The largest absolute Gasteiger partial charge is 0.502 e. The summed E-state index contributed by atoms with van der Waals surface area (Å²) >= 11 is 0. The highest BCUT2D eigenvalue weighted by Gasteiger charge is 2.16. The lowest BCUT2D eigenvalue weighted by molar-refractivity contribution is -0.143. The second-order valence-corrected chi connectivity index (χ2v) is 4.68. The van der Waals surface area contributed by atoms with Crippen LogP contribution in [0, 0.1) is 0 Å². The van der Waals surface area contributed by atoms with E-state index >= 15 is 0 Å². The lowest BCUT2D eigenvalue weighted by atomic mass is 10.1. The Balaban J connectivity index is 2.68. The number of nitrogens with one attached hydrogen (secondary N) is 1. The number of hydrogen-bond acceptors (Lipinski definition) is 6. The summed E-state index contributed by atoms with van der Waals surface area (Å²) in [6.45, 7) is 4.54. The normalized spacial score (nSPS) is 10.0. The zero-order valence-corrected chi connectivity index (χ0v) is 13.7. The first-order chi connectivity index (χ1) is 11.0. The number of phenolic OH excluding ortho intramolecular Hbond substituents is 1. The van der Waals surface area contributed by atoms with Crippen LogP contribution in [0.25, 0.3) is 0 Å². The van der Waals surface area contributed by atoms with Crippen LogP contribution in [0.4, 0.5) is 0 Å². The van der Waals surface area contributed by atoms with Gasteiger partial charge in [-0.05, 0) is 25.5 Å². The molecule has 0 aromatic heterocycles. The highest BCUT2D eigenvalue weighted by Crippen LogP contribution is 2.37. The number of esters is 1. The number of aromatic hydroxyl groups is 1. The average Bonchev–Trinajstić information content (AvgIpc) is 2.54. The van der Waals surface area contributed by atoms with Crippen LogP contribution in [-0.4, -0.2) is 43.9 Å². The lowest BCUT2D eigenvalue weighted by Crippen LogP contribution is -2.26. The van der Waals surface area contributed by atoms with Crippen molar-refractivity contribution >= 4 is 11.9 Å². The highest BCUT2D eigenvalue weighted by atomic mass is 16.5. The number of hydrogen-bond donors (Lipinski definition) is 2. The Morgan fingerprint density at radius 3 is 2.52 bits per heavy atom. The Morgan fingerprint density at radius 2 is 1.91 bits per heavy atom. The van der Waals surface area contributed by atoms with Crippen molar-refractivity contribution in [3.63, 3.8) is 0 Å². The van der Waals surface area contributed by atoms with Gasteiger partial charge >= 0.3 is 5.97 Å². The average molecular weight is 325 g/mol. The van der Waals surface area contributed by atoms with Crippen LogP contribution in [0.15, 0.2) is 12.1 Å². The van der Waals surface area contributed by atoms with E-state index in [1.54, 1.807) is 6.92 Å². The van der Waals surface area contributed by atoms with Gasteiger partial charge in [0.1, 0.15) is 0 Å². The van der Waals surface area contributed by atoms with Gasteiger partial charge in [-0.2, -0.15) is 0 Å². The maximum Gasteiger partial charge on any atom is 0.307 e. The second kappa shape index (κ2) is 9.55. The highest BCUT2D eigenvalue weighted by molar-refractivity contribution is 5.95. The summed E-state index contributed by atoms with van der Waals surface area (Å²) in [5.74, 6) is -0.602. The molecule has 0 unspecified atom stereocenters. The summed E-state index contributed by atoms with van der Waals surface area (Å²) in [4.78, 5) is 23.5. The van der Waals surface area contributed by atoms with Crippen molar-refractivity contribution in [3.05, 3.63) is 17.7 Å². The van der Waals surface area contributed by atoms with Crippen LogP contribution in [0.5, 0.6) is 17.2 Å². The van der Waals surface area contributed by atoms with Crippen molar-refractivity contribution in [1.29, 1.82) is 0 Å². The molecule has 7 nitrogen and oxygen atoms in total. The number of methoxy groups -OCH3 is 1. The van der Waals surface area contributed by atoms with Gasteiger partial charge in [-0.15, -0.1) is 0 Å². The first-order valence-electron chi connectivity index (χ1n) is 7.51. The van der Waals surface area contributed by atoms with Gasteiger partial charge in [0.25, 0.3) is 5.91 Å². The van der Waals surface area contributed by atoms with Crippen molar-refractivity contribution < 1.29 is 28.9 Å². The molecule has 128 valence electrons. The van der Waals surface area contributed by atoms with Crippen LogP contribution in [0.3, 0.4) is 0 Å². The summed E-state index contributed by atoms with van der Waals surface area (Å²) in [5, 5.41) is 12.5. The van der Waals surface area contributed by atoms with Gasteiger partial charge in [0.05, 0.1) is 26.7 Å². The van der Waals surface area contributed by atoms with Crippen LogP contribution in [-0.2, 0) is 9.53 Å². The van der Waals surface area contributed by atoms with Crippen LogP contribution >= 0.6 is 0 Å². The van der Waals surface area contributed by atoms with E-state index in [-0.39, 0.29) is 41.7 Å². The number of amides is 1. The van der Waals surface area contributed by atoms with Crippen molar-refractivity contribution in [2.24, 2.45) is 0 Å². The minimum Gasteiger partial charge on any atom is -0.502 e. The van der Waals surface area contributed by atoms with Crippen LogP contribution in [0.1, 0.15) is 37.0 Å². The third kappa shape index (κ3) is 5.69. The summed E-state index contributed by atoms with van der Waals surface area (Å²) in [5.41, 5.74) is 0.269. The Kier molecular flexibility index (Phi) is 7.73. The molecule has 1 aromatic carbocycles. The number of phenols is 1. The van der Waals surface area contributed by atoms with Crippen LogP contribution in [0.2, 0.25) is 0 Å². The van der Waals surface area contributed by atoms with Gasteiger partial charge in [0.15, 0.2) is 11.5 Å². The van der Waals surface area contributed by atoms with E-state index in [9.17, 15) is 14.7 Å². The minimum atomic E-state index is -0.396. The summed E-state index contributed by atoms with van der Waals surface area (Å²) in [6, 6.07) is 2.83. The predicted molar refractivity (Wildman–Crippen MR) is 84.0 cm³/mol. The van der Waals surface area contributed by atoms with Gasteiger partial charge in [-0.25, -0.2) is 0 Å². The fourth-order valence-electron chi connectivity index (χ4n) is 1.80. The topological polar surface area (TPSA) is 94.1 Å². The van der Waals surface area contributed by atoms with E-state index < -0.39 is 5.91 Å². The summed E-state index contributed by atoms with van der Waals surface area (Å²) < 4.78 is 15.2. The molecule has 0 aliphatic rings. The SMILES string of the molecule is CCCOC(=O)CCNC(=O)c1cc(OC)c(O)c(OCC)c1. The first-order valence-corrected chi connectivity index (χ1v) is 7.51. The summed E-state index contributed by atoms with van der Waals surface area (Å²) in [7, 11) is 1.39. The number of carbonyl (C=O) groups excluding carboxylic acids is 2. The van der Waals surface area contributed by atoms with Gasteiger partial charge in [0, 0.05) is 12.1 Å². The number of benzene rings is 1. The van der Waals surface area contributed by atoms with Gasteiger partial charge < -0.3 is 24.6 Å². The monoisotopic (exact) mass is 325 g/mol. The molecule has 0 aliphatic carbocycles. The smallest absolute Gasteiger partial charge is 0.307 e. The van der Waals surface area contributed by atoms with E-state index in [1.165, 1.54) is 19.2 Å². The molecule has 2 N–H and O–H groups in total. The third-order valence-electron chi connectivity index (χ3n) is 2.90. The molecule has 0 atom stereocenters. The lowest BCUT2D eigenvalue weighted by Gasteiger charge is -2.12. The zero-order valence-electron chi connectivity index (χ0n) is 13.7. The number of carbonyl (C=O) groups is 2. The number of ether oxygens (including phenoxy) is 3. The fourth-order valence-corrected chi connectivity index (χ4v) is 1.80. The molecule has 0 saturated carbocycles. The molecule has 1 rings (SSSR count). The van der Waals surface area contributed by atoms with Gasteiger partial charge in [0.2, 0.25) is 5.75 Å². The molecule has 0 bridgehead atoms. The molecule has 0 fully saturated rings. The van der Waals surface area contributed by atoms with Crippen molar-refractivity contribution in [3.8, 4) is 17.2 Å². The molecule has 0 aliphatic heterocycles. The van der Waals surface area contributed by atoms with Crippen molar-refractivity contribution in [2.45, 2.75) is 26.7 Å². The van der Waals surface area contributed by atoms with Crippen LogP contribution < -0.4 is 14.8 Å². The van der Waals surface area contributed by atoms with Crippen molar-refractivity contribution in [1.82, 2.24) is 5.32 Å². The van der Waals surface area contributed by atoms with E-state index in [4.69, 9.17) is 14.2 Å². The van der Waals surface area contributed by atoms with E-state index in [1.807, 2.05) is 6.92 Å². The maximum atomic E-state index is 12.1. The second-order valence-electron chi connectivity index (χ2n) is 4.68. The fraction of sp³-hybridized carbons (Fsp3) is 0.500. The molecular weight excluding hydrogens is 302 g/mol. The zero-order chi connectivity index (χ0) is 17.2. The first kappa shape index (κ1) is 18.6. The standard InChI is InChI=1S/C16H23NO6/c1-4-8-23-14(18)6-7-17-16(20)11-9-12(21-3)15(19)13(10-11)22-5-2/h9-10,19H,4-8H2,1-3H3,(H,17,20). The molecule has 23 heavy (non-hydrogen) atoms. The molecule has 1 amide bonds. The third-order valence-corrected chi connectivity index (χ3v) is 2.90. The molecule has 0 spiro atoms. The van der Waals surface area contributed by atoms with Gasteiger partial charge in [-0.1, -0.05) is 6.92 Å².